The summed E-state index contributed by atoms with van der Waals surface area (Å²) in [6.45, 7) is 1.46. The molecule has 7 nitrogen and oxygen atoms in total. The number of hydrogen-bond acceptors (Lipinski definition) is 5. The van der Waals surface area contributed by atoms with Crippen LogP contribution < -0.4 is 10.6 Å². The standard InChI is InChI=1S/C19H20ClN3O4S2/c20-15-3-1-14(2-4-15)13-18(24)22-19(28)21-16-5-7-17(8-6-16)29(25,26)23-9-11-27-12-10-23/h1-8H,9-13H2,(H2,21,22,24,28). The second kappa shape index (κ2) is 9.64. The normalized spacial score (nSPS) is 14.9. The first-order chi connectivity index (χ1) is 13.8. The summed E-state index contributed by atoms with van der Waals surface area (Å²) in [6.07, 6.45) is 0.162. The molecule has 0 atom stereocenters. The lowest BCUT2D eigenvalue weighted by molar-refractivity contribution is -0.119. The molecule has 0 radical (unpaired) electrons. The van der Waals surface area contributed by atoms with Gasteiger partial charge in [-0.1, -0.05) is 23.7 Å². The van der Waals surface area contributed by atoms with Gasteiger partial charge in [0, 0.05) is 23.8 Å². The molecule has 3 rings (SSSR count). The Bertz CT molecular complexity index is 974. The summed E-state index contributed by atoms with van der Waals surface area (Å²) in [5, 5.41) is 6.21. The van der Waals surface area contributed by atoms with Crippen LogP contribution in [0, 0.1) is 0 Å². The van der Waals surface area contributed by atoms with Crippen LogP contribution in [-0.2, 0) is 26.0 Å². The van der Waals surface area contributed by atoms with Crippen molar-refractivity contribution in [2.75, 3.05) is 31.6 Å². The first-order valence-electron chi connectivity index (χ1n) is 8.88. The zero-order chi connectivity index (χ0) is 20.9. The van der Waals surface area contributed by atoms with Gasteiger partial charge in [-0.05, 0) is 54.2 Å². The van der Waals surface area contributed by atoms with Crippen LogP contribution in [0.1, 0.15) is 5.56 Å². The number of benzene rings is 2. The van der Waals surface area contributed by atoms with Crippen molar-refractivity contribution in [3.05, 3.63) is 59.1 Å². The minimum absolute atomic E-state index is 0.132. The molecule has 0 aliphatic carbocycles. The fraction of sp³-hybridized carbons (Fsp3) is 0.263. The molecule has 1 saturated heterocycles. The van der Waals surface area contributed by atoms with E-state index in [1.807, 2.05) is 0 Å². The summed E-state index contributed by atoms with van der Waals surface area (Å²) in [7, 11) is -3.55. The Hall–Kier alpha value is -2.04. The molecule has 0 unspecified atom stereocenters. The lowest BCUT2D eigenvalue weighted by Crippen LogP contribution is -2.40. The molecule has 29 heavy (non-hydrogen) atoms. The number of amides is 1. The average molecular weight is 454 g/mol. The van der Waals surface area contributed by atoms with E-state index in [0.29, 0.717) is 37.0 Å². The molecule has 1 fully saturated rings. The number of nitrogens with zero attached hydrogens (tertiary/aromatic N) is 1. The number of carbonyl (C=O) groups is 1. The summed E-state index contributed by atoms with van der Waals surface area (Å²) in [5.74, 6) is -0.267. The van der Waals surface area contributed by atoms with E-state index in [0.717, 1.165) is 5.56 Å². The highest BCUT2D eigenvalue weighted by atomic mass is 35.5. The molecule has 2 aromatic carbocycles. The van der Waals surface area contributed by atoms with Crippen LogP contribution in [0.3, 0.4) is 0 Å². The zero-order valence-corrected chi connectivity index (χ0v) is 17.8. The van der Waals surface area contributed by atoms with Crippen LogP contribution in [-0.4, -0.2) is 50.0 Å². The van der Waals surface area contributed by atoms with Gasteiger partial charge in [0.2, 0.25) is 15.9 Å². The Kier molecular flexibility index (Phi) is 7.20. The van der Waals surface area contributed by atoms with Gasteiger partial charge in [0.25, 0.3) is 0 Å². The predicted octanol–water partition coefficient (Wildman–Crippen LogP) is 2.42. The highest BCUT2D eigenvalue weighted by Crippen LogP contribution is 2.19. The Balaban J connectivity index is 1.55. The Labute approximate surface area is 180 Å². The molecular formula is C19H20ClN3O4S2. The molecule has 154 valence electrons. The number of hydrogen-bond donors (Lipinski definition) is 2. The topological polar surface area (TPSA) is 87.7 Å². The minimum Gasteiger partial charge on any atom is -0.379 e. The van der Waals surface area contributed by atoms with Gasteiger partial charge in [0.1, 0.15) is 0 Å². The Morgan fingerprint density at radius 3 is 2.31 bits per heavy atom. The van der Waals surface area contributed by atoms with Gasteiger partial charge in [-0.2, -0.15) is 4.31 Å². The number of thiocarbonyl (C=S) groups is 1. The van der Waals surface area contributed by atoms with Crippen molar-refractivity contribution in [2.45, 2.75) is 11.3 Å². The van der Waals surface area contributed by atoms with Crippen molar-refractivity contribution in [1.29, 1.82) is 0 Å². The predicted molar refractivity (Wildman–Crippen MR) is 116 cm³/mol. The van der Waals surface area contributed by atoms with Gasteiger partial charge >= 0.3 is 0 Å². The lowest BCUT2D eigenvalue weighted by Gasteiger charge is -2.26. The lowest BCUT2D eigenvalue weighted by atomic mass is 10.1. The van der Waals surface area contributed by atoms with Crippen molar-refractivity contribution < 1.29 is 17.9 Å². The number of nitrogens with one attached hydrogen (secondary N) is 2. The van der Waals surface area contributed by atoms with E-state index < -0.39 is 10.0 Å². The highest BCUT2D eigenvalue weighted by Gasteiger charge is 2.26. The van der Waals surface area contributed by atoms with Gasteiger partial charge in [0.05, 0.1) is 24.5 Å². The van der Waals surface area contributed by atoms with Crippen LogP contribution in [0.25, 0.3) is 0 Å². The van der Waals surface area contributed by atoms with E-state index in [1.54, 1.807) is 36.4 Å². The average Bonchev–Trinajstić information content (AvgIpc) is 2.70. The molecule has 0 spiro atoms. The number of sulfonamides is 1. The summed E-state index contributed by atoms with van der Waals surface area (Å²) >= 11 is 11.0. The SMILES string of the molecule is O=C(Cc1ccc(Cl)cc1)NC(=S)Nc1ccc(S(=O)(=O)N2CCOCC2)cc1. The summed E-state index contributed by atoms with van der Waals surface area (Å²) in [4.78, 5) is 12.3. The number of rotatable bonds is 5. The fourth-order valence-corrected chi connectivity index (χ4v) is 4.53. The molecular weight excluding hydrogens is 434 g/mol. The number of anilines is 1. The second-order valence-electron chi connectivity index (χ2n) is 6.35. The largest absolute Gasteiger partial charge is 0.379 e. The quantitative estimate of drug-likeness (QED) is 0.676. The van der Waals surface area contributed by atoms with Crippen LogP contribution in [0.4, 0.5) is 5.69 Å². The number of halogens is 1. The third-order valence-corrected chi connectivity index (χ3v) is 6.62. The molecule has 1 aliphatic rings. The molecule has 1 amide bonds. The van der Waals surface area contributed by atoms with Gasteiger partial charge in [-0.15, -0.1) is 0 Å². The monoisotopic (exact) mass is 453 g/mol. The maximum absolute atomic E-state index is 12.6. The van der Waals surface area contributed by atoms with E-state index in [9.17, 15) is 13.2 Å². The third kappa shape index (κ3) is 5.97. The highest BCUT2D eigenvalue weighted by molar-refractivity contribution is 7.89. The Morgan fingerprint density at radius 2 is 1.69 bits per heavy atom. The molecule has 0 aromatic heterocycles. The van der Waals surface area contributed by atoms with Gasteiger partial charge < -0.3 is 15.4 Å². The van der Waals surface area contributed by atoms with E-state index in [1.165, 1.54) is 16.4 Å². The van der Waals surface area contributed by atoms with Gasteiger partial charge in [0.15, 0.2) is 5.11 Å². The zero-order valence-electron chi connectivity index (χ0n) is 15.4. The molecule has 1 heterocycles. The van der Waals surface area contributed by atoms with Crippen molar-refractivity contribution in [1.82, 2.24) is 9.62 Å². The smallest absolute Gasteiger partial charge is 0.243 e. The van der Waals surface area contributed by atoms with E-state index in [-0.39, 0.29) is 22.3 Å². The maximum atomic E-state index is 12.6. The molecule has 10 heteroatoms. The first-order valence-corrected chi connectivity index (χ1v) is 11.1. The minimum atomic E-state index is -3.55. The van der Waals surface area contributed by atoms with Crippen molar-refractivity contribution in [2.24, 2.45) is 0 Å². The van der Waals surface area contributed by atoms with Crippen LogP contribution in [0.15, 0.2) is 53.4 Å². The third-order valence-electron chi connectivity index (χ3n) is 4.25. The Morgan fingerprint density at radius 1 is 1.07 bits per heavy atom. The fourth-order valence-electron chi connectivity index (χ4n) is 2.77. The molecule has 0 bridgehead atoms. The van der Waals surface area contributed by atoms with Crippen LogP contribution in [0.5, 0.6) is 0 Å². The van der Waals surface area contributed by atoms with Gasteiger partial charge in [-0.3, -0.25) is 4.79 Å². The first kappa shape index (κ1) is 21.7. The maximum Gasteiger partial charge on any atom is 0.243 e. The van der Waals surface area contributed by atoms with E-state index in [4.69, 9.17) is 28.6 Å². The number of morpholine rings is 1. The molecule has 2 aromatic rings. The summed E-state index contributed by atoms with van der Waals surface area (Å²) < 4.78 is 31.8. The second-order valence-corrected chi connectivity index (χ2v) is 9.13. The molecule has 1 aliphatic heterocycles. The van der Waals surface area contributed by atoms with E-state index in [2.05, 4.69) is 10.6 Å². The van der Waals surface area contributed by atoms with Gasteiger partial charge in [-0.25, -0.2) is 8.42 Å². The van der Waals surface area contributed by atoms with Crippen molar-refractivity contribution >= 4 is 50.5 Å². The van der Waals surface area contributed by atoms with Crippen LogP contribution >= 0.6 is 23.8 Å². The number of ether oxygens (including phenoxy) is 1. The molecule has 2 N–H and O–H groups in total. The summed E-state index contributed by atoms with van der Waals surface area (Å²) in [5.41, 5.74) is 1.38. The van der Waals surface area contributed by atoms with Crippen molar-refractivity contribution in [3.8, 4) is 0 Å². The summed E-state index contributed by atoms with van der Waals surface area (Å²) in [6, 6.07) is 13.2. The van der Waals surface area contributed by atoms with E-state index >= 15 is 0 Å². The van der Waals surface area contributed by atoms with Crippen molar-refractivity contribution in [3.63, 3.8) is 0 Å². The van der Waals surface area contributed by atoms with Crippen LogP contribution in [0.2, 0.25) is 5.02 Å². The number of carbonyl (C=O) groups excluding carboxylic acids is 1. The molecule has 0 saturated carbocycles.